The van der Waals surface area contributed by atoms with Gasteiger partial charge in [0.1, 0.15) is 24.2 Å². The number of phenolic OH excluding ortho intramolecular Hbond substituents is 1. The first kappa shape index (κ1) is 27.1. The number of nitrogens with zero attached hydrogens (tertiary/aromatic N) is 5. The summed E-state index contributed by atoms with van der Waals surface area (Å²) in [4.78, 5) is 31.0. The molecular weight excluding hydrogens is 535 g/mol. The number of nitrogens with one attached hydrogen (secondary N) is 1. The SMILES string of the molecule is O=C(NC1CCCC1)C(c1ccc(O)cc1)N(C(=O)Cn1nnc(-c2ccc(F)cc2)n1)c1cccc2ccccc12. The Morgan fingerprint density at radius 1 is 0.952 bits per heavy atom. The number of hydrogen-bond donors (Lipinski definition) is 2. The monoisotopic (exact) mass is 564 g/mol. The van der Waals surface area contributed by atoms with Crippen molar-refractivity contribution in [2.24, 2.45) is 0 Å². The van der Waals surface area contributed by atoms with Gasteiger partial charge in [-0.05, 0) is 71.5 Å². The molecule has 0 aliphatic heterocycles. The van der Waals surface area contributed by atoms with Crippen molar-refractivity contribution in [2.45, 2.75) is 44.3 Å². The molecule has 212 valence electrons. The zero-order valence-electron chi connectivity index (χ0n) is 22.7. The van der Waals surface area contributed by atoms with E-state index < -0.39 is 11.9 Å². The minimum Gasteiger partial charge on any atom is -0.508 e. The van der Waals surface area contributed by atoms with Crippen molar-refractivity contribution in [3.63, 3.8) is 0 Å². The lowest BCUT2D eigenvalue weighted by Gasteiger charge is -2.33. The van der Waals surface area contributed by atoms with Crippen LogP contribution in [0.4, 0.5) is 10.1 Å². The van der Waals surface area contributed by atoms with Crippen molar-refractivity contribution in [3.8, 4) is 17.1 Å². The van der Waals surface area contributed by atoms with Gasteiger partial charge >= 0.3 is 0 Å². The molecule has 2 amide bonds. The van der Waals surface area contributed by atoms with Crippen LogP contribution < -0.4 is 10.2 Å². The number of fused-ring (bicyclic) bond motifs is 1. The summed E-state index contributed by atoms with van der Waals surface area (Å²) >= 11 is 0. The highest BCUT2D eigenvalue weighted by atomic mass is 19.1. The van der Waals surface area contributed by atoms with E-state index in [9.17, 15) is 19.1 Å². The summed E-state index contributed by atoms with van der Waals surface area (Å²) in [5.74, 6) is -0.838. The van der Waals surface area contributed by atoms with Crippen LogP contribution in [0.15, 0.2) is 91.0 Å². The molecule has 1 atom stereocenters. The Morgan fingerprint density at radius 3 is 2.43 bits per heavy atom. The zero-order valence-corrected chi connectivity index (χ0v) is 22.7. The highest BCUT2D eigenvalue weighted by Gasteiger charge is 2.35. The van der Waals surface area contributed by atoms with Crippen molar-refractivity contribution in [1.82, 2.24) is 25.5 Å². The maximum absolute atomic E-state index is 14.3. The highest BCUT2D eigenvalue weighted by Crippen LogP contribution is 2.35. The average Bonchev–Trinajstić information content (AvgIpc) is 3.69. The summed E-state index contributed by atoms with van der Waals surface area (Å²) < 4.78 is 13.4. The number of aromatic hydroxyl groups is 1. The van der Waals surface area contributed by atoms with Crippen LogP contribution in [-0.2, 0) is 16.1 Å². The molecule has 6 rings (SSSR count). The fraction of sp³-hybridized carbons (Fsp3) is 0.219. The second-order valence-corrected chi connectivity index (χ2v) is 10.4. The minimum atomic E-state index is -1.04. The van der Waals surface area contributed by atoms with E-state index in [0.29, 0.717) is 16.8 Å². The van der Waals surface area contributed by atoms with Gasteiger partial charge in [0, 0.05) is 17.0 Å². The van der Waals surface area contributed by atoms with Crippen LogP contribution in [0.3, 0.4) is 0 Å². The molecule has 5 aromatic rings. The Hall–Kier alpha value is -5.12. The molecule has 1 unspecified atom stereocenters. The summed E-state index contributed by atoms with van der Waals surface area (Å²) in [6, 6.07) is 24.2. The molecule has 1 heterocycles. The third-order valence-corrected chi connectivity index (χ3v) is 7.54. The first-order chi connectivity index (χ1) is 20.5. The van der Waals surface area contributed by atoms with Gasteiger partial charge in [-0.2, -0.15) is 4.80 Å². The summed E-state index contributed by atoms with van der Waals surface area (Å²) in [6.45, 7) is -0.303. The number of carbonyl (C=O) groups is 2. The topological polar surface area (TPSA) is 113 Å². The lowest BCUT2D eigenvalue weighted by Crippen LogP contribution is -2.47. The van der Waals surface area contributed by atoms with Gasteiger partial charge in [0.25, 0.3) is 5.91 Å². The molecule has 0 radical (unpaired) electrons. The number of anilines is 1. The number of rotatable bonds is 8. The number of hydrogen-bond acceptors (Lipinski definition) is 6. The van der Waals surface area contributed by atoms with Crippen molar-refractivity contribution in [2.75, 3.05) is 4.90 Å². The van der Waals surface area contributed by atoms with Crippen molar-refractivity contribution in [3.05, 3.63) is 102 Å². The molecule has 10 heteroatoms. The molecule has 1 saturated carbocycles. The predicted molar refractivity (Wildman–Crippen MR) is 156 cm³/mol. The fourth-order valence-corrected chi connectivity index (χ4v) is 5.48. The molecular formula is C32H29FN6O3. The molecule has 4 aromatic carbocycles. The number of aromatic nitrogens is 4. The number of carbonyl (C=O) groups excluding carboxylic acids is 2. The highest BCUT2D eigenvalue weighted by molar-refractivity contribution is 6.07. The number of tetrazole rings is 1. The molecule has 1 aliphatic carbocycles. The normalized spacial score (nSPS) is 14.1. The van der Waals surface area contributed by atoms with Gasteiger partial charge in [-0.15, -0.1) is 10.2 Å². The molecule has 0 bridgehead atoms. The molecule has 1 aromatic heterocycles. The molecule has 42 heavy (non-hydrogen) atoms. The maximum Gasteiger partial charge on any atom is 0.251 e. The Kier molecular flexibility index (Phi) is 7.59. The molecule has 0 spiro atoms. The molecule has 1 aliphatic rings. The zero-order chi connectivity index (χ0) is 29.1. The van der Waals surface area contributed by atoms with Crippen LogP contribution in [0.5, 0.6) is 5.75 Å². The summed E-state index contributed by atoms with van der Waals surface area (Å²) in [7, 11) is 0. The molecule has 9 nitrogen and oxygen atoms in total. The van der Waals surface area contributed by atoms with Crippen LogP contribution >= 0.6 is 0 Å². The van der Waals surface area contributed by atoms with Gasteiger partial charge in [-0.25, -0.2) is 4.39 Å². The Balaban J connectivity index is 1.42. The minimum absolute atomic E-state index is 0.0248. The Labute approximate surface area is 241 Å². The van der Waals surface area contributed by atoms with E-state index in [4.69, 9.17) is 0 Å². The van der Waals surface area contributed by atoms with E-state index in [1.807, 2.05) is 42.5 Å². The molecule has 0 saturated heterocycles. The number of phenols is 1. The van der Waals surface area contributed by atoms with E-state index in [0.717, 1.165) is 36.5 Å². The maximum atomic E-state index is 14.3. The van der Waals surface area contributed by atoms with Gasteiger partial charge in [0.05, 0.1) is 5.69 Å². The first-order valence-corrected chi connectivity index (χ1v) is 13.9. The van der Waals surface area contributed by atoms with E-state index in [-0.39, 0.29) is 35.9 Å². The third kappa shape index (κ3) is 5.69. The standard InChI is InChI=1S/C32H29FN6O3/c33-24-16-12-23(13-17-24)31-35-37-38(36-31)20-29(41)39(28-11-5-7-21-6-1-4-10-27(21)28)30(22-14-18-26(40)19-15-22)32(42)34-25-8-2-3-9-25/h1,4-7,10-19,25,30,40H,2-3,8-9,20H2,(H,34,42). The first-order valence-electron chi connectivity index (χ1n) is 13.9. The van der Waals surface area contributed by atoms with Crippen LogP contribution in [0.1, 0.15) is 37.3 Å². The summed E-state index contributed by atoms with van der Waals surface area (Å²) in [5.41, 5.74) is 1.65. The summed E-state index contributed by atoms with van der Waals surface area (Å²) in [5, 5.41) is 27.3. The van der Waals surface area contributed by atoms with Gasteiger partial charge in [-0.1, -0.05) is 61.4 Å². The van der Waals surface area contributed by atoms with E-state index in [2.05, 4.69) is 20.7 Å². The van der Waals surface area contributed by atoms with Crippen molar-refractivity contribution < 1.29 is 19.1 Å². The van der Waals surface area contributed by atoms with Crippen LogP contribution in [0.25, 0.3) is 22.2 Å². The van der Waals surface area contributed by atoms with Crippen LogP contribution in [0.2, 0.25) is 0 Å². The second-order valence-electron chi connectivity index (χ2n) is 10.4. The lowest BCUT2D eigenvalue weighted by atomic mass is 10.00. The van der Waals surface area contributed by atoms with Gasteiger partial charge in [0.15, 0.2) is 0 Å². The summed E-state index contributed by atoms with van der Waals surface area (Å²) in [6.07, 6.45) is 3.83. The smallest absolute Gasteiger partial charge is 0.251 e. The van der Waals surface area contributed by atoms with Crippen molar-refractivity contribution in [1.29, 1.82) is 0 Å². The van der Waals surface area contributed by atoms with Crippen molar-refractivity contribution >= 4 is 28.3 Å². The second kappa shape index (κ2) is 11.8. The van der Waals surface area contributed by atoms with Gasteiger partial charge < -0.3 is 10.4 Å². The number of benzene rings is 4. The van der Waals surface area contributed by atoms with E-state index in [1.165, 1.54) is 46.1 Å². The Morgan fingerprint density at radius 2 is 1.67 bits per heavy atom. The third-order valence-electron chi connectivity index (χ3n) is 7.54. The van der Waals surface area contributed by atoms with E-state index >= 15 is 0 Å². The largest absolute Gasteiger partial charge is 0.508 e. The van der Waals surface area contributed by atoms with E-state index in [1.54, 1.807) is 12.1 Å². The number of amides is 2. The molecule has 2 N–H and O–H groups in total. The average molecular weight is 565 g/mol. The molecule has 1 fully saturated rings. The van der Waals surface area contributed by atoms with Crippen LogP contribution in [0, 0.1) is 5.82 Å². The van der Waals surface area contributed by atoms with Gasteiger partial charge in [0.2, 0.25) is 11.7 Å². The van der Waals surface area contributed by atoms with Crippen LogP contribution in [-0.4, -0.2) is 43.2 Å². The fourth-order valence-electron chi connectivity index (χ4n) is 5.48. The predicted octanol–water partition coefficient (Wildman–Crippen LogP) is 5.17. The lowest BCUT2D eigenvalue weighted by molar-refractivity contribution is -0.127. The van der Waals surface area contributed by atoms with Gasteiger partial charge in [-0.3, -0.25) is 14.5 Å². The number of halogens is 1. The quantitative estimate of drug-likeness (QED) is 0.269. The Bertz CT molecular complexity index is 1710.